The van der Waals surface area contributed by atoms with Gasteiger partial charge in [-0.25, -0.2) is 0 Å². The quantitative estimate of drug-likeness (QED) is 0.582. The zero-order valence-electron chi connectivity index (χ0n) is 10.4. The van der Waals surface area contributed by atoms with Crippen LogP contribution >= 0.6 is 22.6 Å². The summed E-state index contributed by atoms with van der Waals surface area (Å²) in [7, 11) is 0. The predicted molar refractivity (Wildman–Crippen MR) is 71.3 cm³/mol. The summed E-state index contributed by atoms with van der Waals surface area (Å²) in [4.78, 5) is 0. The third-order valence-electron chi connectivity index (χ3n) is 3.32. The van der Waals surface area contributed by atoms with Crippen molar-refractivity contribution in [1.29, 1.82) is 0 Å². The van der Waals surface area contributed by atoms with E-state index in [9.17, 15) is 0 Å². The van der Waals surface area contributed by atoms with Crippen molar-refractivity contribution in [2.75, 3.05) is 4.43 Å². The fraction of sp³-hybridized carbons (Fsp3) is 1.00. The van der Waals surface area contributed by atoms with Gasteiger partial charge in [0.25, 0.3) is 0 Å². The molecule has 0 radical (unpaired) electrons. The lowest BCUT2D eigenvalue weighted by atomic mass is 9.87. The smallest absolute Gasteiger partial charge is 0.163 e. The Bertz CT molecular complexity index is 206. The number of ether oxygens (including phenoxy) is 2. The van der Waals surface area contributed by atoms with Gasteiger partial charge in [-0.15, -0.1) is 0 Å². The van der Waals surface area contributed by atoms with Crippen molar-refractivity contribution in [3.05, 3.63) is 0 Å². The van der Waals surface area contributed by atoms with Gasteiger partial charge in [-0.2, -0.15) is 0 Å². The molecular weight excluding hydrogens is 303 g/mol. The predicted octanol–water partition coefficient (Wildman–Crippen LogP) is 3.62. The number of hydrogen-bond donors (Lipinski definition) is 0. The van der Waals surface area contributed by atoms with E-state index >= 15 is 0 Å². The van der Waals surface area contributed by atoms with Gasteiger partial charge in [-0.3, -0.25) is 0 Å². The van der Waals surface area contributed by atoms with Crippen LogP contribution in [0.25, 0.3) is 0 Å². The summed E-state index contributed by atoms with van der Waals surface area (Å²) in [6, 6.07) is 0. The van der Waals surface area contributed by atoms with Gasteiger partial charge >= 0.3 is 0 Å². The van der Waals surface area contributed by atoms with Crippen molar-refractivity contribution >= 4 is 22.6 Å². The second kappa shape index (κ2) is 5.32. The third kappa shape index (κ3) is 3.30. The maximum atomic E-state index is 6.05. The summed E-state index contributed by atoms with van der Waals surface area (Å²) in [5.74, 6) is 0.676. The molecular formula is C12H23IO2. The monoisotopic (exact) mass is 326 g/mol. The first-order chi connectivity index (χ1) is 6.91. The highest BCUT2D eigenvalue weighted by Gasteiger charge is 2.41. The summed E-state index contributed by atoms with van der Waals surface area (Å²) in [5.41, 5.74) is 0. The molecule has 2 nitrogen and oxygen atoms in total. The average Bonchev–Trinajstić information content (AvgIpc) is 2.19. The molecule has 1 fully saturated rings. The molecule has 0 aliphatic carbocycles. The normalized spacial score (nSPS) is 37.6. The molecule has 1 aliphatic rings. The molecule has 1 aliphatic heterocycles. The molecule has 1 heterocycles. The molecule has 0 aromatic rings. The molecule has 4 atom stereocenters. The summed E-state index contributed by atoms with van der Waals surface area (Å²) < 4.78 is 13.0. The SMILES string of the molecule is CC[C@H](C)[C@H]1OC(C)(C)O[C@@H](CI)[C@@H]1C. The van der Waals surface area contributed by atoms with Crippen LogP contribution in [0, 0.1) is 11.8 Å². The van der Waals surface area contributed by atoms with Gasteiger partial charge in [-0.05, 0) is 19.8 Å². The third-order valence-corrected chi connectivity index (χ3v) is 4.18. The van der Waals surface area contributed by atoms with Crippen LogP contribution in [-0.2, 0) is 9.47 Å². The standard InChI is InChI=1S/C12H23IO2/c1-6-8(2)11-9(3)10(7-13)14-12(4,5)15-11/h8-11H,6-7H2,1-5H3/t8-,9-,10-,11+/m0/s1. The van der Waals surface area contributed by atoms with Crippen LogP contribution in [0.15, 0.2) is 0 Å². The van der Waals surface area contributed by atoms with Gasteiger partial charge < -0.3 is 9.47 Å². The lowest BCUT2D eigenvalue weighted by molar-refractivity contribution is -0.321. The first-order valence-electron chi connectivity index (χ1n) is 5.83. The van der Waals surface area contributed by atoms with E-state index < -0.39 is 5.79 Å². The first kappa shape index (κ1) is 13.7. The van der Waals surface area contributed by atoms with Crippen molar-refractivity contribution in [3.63, 3.8) is 0 Å². The lowest BCUT2D eigenvalue weighted by Crippen LogP contribution is -2.52. The number of hydrogen-bond acceptors (Lipinski definition) is 2. The maximum Gasteiger partial charge on any atom is 0.163 e. The second-order valence-corrected chi connectivity index (χ2v) is 5.92. The molecule has 0 amide bonds. The largest absolute Gasteiger partial charge is 0.347 e. The van der Waals surface area contributed by atoms with E-state index in [1.54, 1.807) is 0 Å². The van der Waals surface area contributed by atoms with Crippen LogP contribution < -0.4 is 0 Å². The molecule has 90 valence electrons. The van der Waals surface area contributed by atoms with E-state index in [0.717, 1.165) is 4.43 Å². The molecule has 0 bridgehead atoms. The Morgan fingerprint density at radius 3 is 2.40 bits per heavy atom. The summed E-state index contributed by atoms with van der Waals surface area (Å²) >= 11 is 2.40. The van der Waals surface area contributed by atoms with E-state index in [1.807, 2.05) is 13.8 Å². The van der Waals surface area contributed by atoms with Crippen LogP contribution in [0.1, 0.15) is 41.0 Å². The summed E-state index contributed by atoms with van der Waals surface area (Å²) in [5, 5.41) is 0. The summed E-state index contributed by atoms with van der Waals surface area (Å²) in [6.07, 6.45) is 1.82. The Kier molecular flexibility index (Phi) is 4.86. The molecule has 0 saturated carbocycles. The fourth-order valence-corrected chi connectivity index (χ4v) is 3.17. The molecule has 15 heavy (non-hydrogen) atoms. The molecule has 0 aromatic heterocycles. The van der Waals surface area contributed by atoms with Gasteiger partial charge in [0, 0.05) is 10.3 Å². The molecule has 1 rings (SSSR count). The van der Waals surface area contributed by atoms with E-state index in [-0.39, 0.29) is 0 Å². The van der Waals surface area contributed by atoms with Gasteiger partial charge in [0.05, 0.1) is 12.2 Å². The van der Waals surface area contributed by atoms with E-state index in [4.69, 9.17) is 9.47 Å². The van der Waals surface area contributed by atoms with Gasteiger partial charge in [0.15, 0.2) is 5.79 Å². The van der Waals surface area contributed by atoms with Crippen molar-refractivity contribution in [2.24, 2.45) is 11.8 Å². The zero-order valence-corrected chi connectivity index (χ0v) is 12.6. The minimum Gasteiger partial charge on any atom is -0.347 e. The van der Waals surface area contributed by atoms with Crippen LogP contribution in [0.3, 0.4) is 0 Å². The number of halogens is 1. The molecule has 0 spiro atoms. The Hall–Kier alpha value is 0.650. The van der Waals surface area contributed by atoms with Gasteiger partial charge in [0.2, 0.25) is 0 Å². The van der Waals surface area contributed by atoms with Crippen molar-refractivity contribution in [1.82, 2.24) is 0 Å². The Labute approximate surface area is 107 Å². The molecule has 1 saturated heterocycles. The maximum absolute atomic E-state index is 6.05. The van der Waals surface area contributed by atoms with E-state index in [0.29, 0.717) is 24.0 Å². The van der Waals surface area contributed by atoms with Crippen molar-refractivity contribution < 1.29 is 9.47 Å². The molecule has 3 heteroatoms. The van der Waals surface area contributed by atoms with Crippen LogP contribution in [0.2, 0.25) is 0 Å². The van der Waals surface area contributed by atoms with Crippen LogP contribution in [0.5, 0.6) is 0 Å². The number of rotatable bonds is 3. The van der Waals surface area contributed by atoms with Crippen molar-refractivity contribution in [2.45, 2.75) is 59.0 Å². The Balaban J connectivity index is 2.77. The molecule has 0 aromatic carbocycles. The minimum atomic E-state index is -0.420. The topological polar surface area (TPSA) is 18.5 Å². The highest BCUT2D eigenvalue weighted by atomic mass is 127. The fourth-order valence-electron chi connectivity index (χ4n) is 2.18. The van der Waals surface area contributed by atoms with Gasteiger partial charge in [0.1, 0.15) is 0 Å². The Morgan fingerprint density at radius 2 is 1.93 bits per heavy atom. The highest BCUT2D eigenvalue weighted by Crippen LogP contribution is 2.35. The molecule has 0 unspecified atom stereocenters. The van der Waals surface area contributed by atoms with Crippen molar-refractivity contribution in [3.8, 4) is 0 Å². The Morgan fingerprint density at radius 1 is 1.33 bits per heavy atom. The van der Waals surface area contributed by atoms with Crippen LogP contribution in [0.4, 0.5) is 0 Å². The molecule has 0 N–H and O–H groups in total. The van der Waals surface area contributed by atoms with Gasteiger partial charge in [-0.1, -0.05) is 49.8 Å². The summed E-state index contributed by atoms with van der Waals surface area (Å²) in [6.45, 7) is 10.8. The highest BCUT2D eigenvalue weighted by molar-refractivity contribution is 14.1. The van der Waals surface area contributed by atoms with Crippen LogP contribution in [-0.4, -0.2) is 22.4 Å². The zero-order chi connectivity index (χ0) is 11.6. The first-order valence-corrected chi connectivity index (χ1v) is 7.35. The lowest BCUT2D eigenvalue weighted by Gasteiger charge is -2.46. The van der Waals surface area contributed by atoms with E-state index in [2.05, 4.69) is 43.4 Å². The number of alkyl halides is 1. The van der Waals surface area contributed by atoms with E-state index in [1.165, 1.54) is 6.42 Å². The minimum absolute atomic E-state index is 0.327. The second-order valence-electron chi connectivity index (χ2n) is 5.04. The average molecular weight is 326 g/mol.